The predicted molar refractivity (Wildman–Crippen MR) is 104 cm³/mol. The fourth-order valence-electron chi connectivity index (χ4n) is 3.65. The zero-order valence-electron chi connectivity index (χ0n) is 15.9. The molecular formula is C20H20N4O5. The van der Waals surface area contributed by atoms with Crippen molar-refractivity contribution in [3.63, 3.8) is 0 Å². The number of fused-ring (bicyclic) bond motifs is 2. The monoisotopic (exact) mass is 396 g/mol. The zero-order chi connectivity index (χ0) is 20.5. The summed E-state index contributed by atoms with van der Waals surface area (Å²) in [5.74, 6) is -0.777. The minimum absolute atomic E-state index is 0.0136. The largest absolute Gasteiger partial charge is 0.474 e. The first-order valence-electron chi connectivity index (χ1n) is 9.46. The van der Waals surface area contributed by atoms with Crippen LogP contribution in [-0.4, -0.2) is 45.8 Å². The average molecular weight is 396 g/mol. The van der Waals surface area contributed by atoms with Crippen LogP contribution in [0.5, 0.6) is 5.75 Å². The fraction of sp³-hybridized carbons (Fsp3) is 0.350. The number of nitrogens with zero attached hydrogens (tertiary/aromatic N) is 4. The number of anilines is 1. The predicted octanol–water partition coefficient (Wildman–Crippen LogP) is 2.08. The van der Waals surface area contributed by atoms with E-state index in [2.05, 4.69) is 4.98 Å². The van der Waals surface area contributed by atoms with Gasteiger partial charge in [0, 0.05) is 19.2 Å². The van der Waals surface area contributed by atoms with Gasteiger partial charge in [-0.25, -0.2) is 0 Å². The molecule has 150 valence electrons. The molecule has 2 aromatic rings. The molecule has 1 atom stereocenters. The van der Waals surface area contributed by atoms with E-state index >= 15 is 0 Å². The Hall–Kier alpha value is -3.49. The van der Waals surface area contributed by atoms with Crippen molar-refractivity contribution < 1.29 is 19.2 Å². The molecule has 0 bridgehead atoms. The summed E-state index contributed by atoms with van der Waals surface area (Å²) >= 11 is 0. The fourth-order valence-corrected chi connectivity index (χ4v) is 3.65. The summed E-state index contributed by atoms with van der Waals surface area (Å²) in [5, 5.41) is 11.1. The highest BCUT2D eigenvalue weighted by atomic mass is 16.6. The van der Waals surface area contributed by atoms with Crippen molar-refractivity contribution in [3.8, 4) is 5.75 Å². The molecule has 3 heterocycles. The topological polar surface area (TPSA) is 106 Å². The van der Waals surface area contributed by atoms with Gasteiger partial charge in [0.25, 0.3) is 11.7 Å². The maximum atomic E-state index is 13.0. The first kappa shape index (κ1) is 18.9. The van der Waals surface area contributed by atoms with E-state index < -0.39 is 22.8 Å². The van der Waals surface area contributed by atoms with Crippen LogP contribution in [0.1, 0.15) is 24.5 Å². The molecule has 2 aliphatic rings. The summed E-state index contributed by atoms with van der Waals surface area (Å²) in [6.45, 7) is 2.59. The van der Waals surface area contributed by atoms with E-state index in [1.54, 1.807) is 11.8 Å². The summed E-state index contributed by atoms with van der Waals surface area (Å²) in [4.78, 5) is 43.1. The van der Waals surface area contributed by atoms with Crippen molar-refractivity contribution in [2.24, 2.45) is 0 Å². The minimum atomic E-state index is -0.749. The van der Waals surface area contributed by atoms with Gasteiger partial charge < -0.3 is 19.8 Å². The van der Waals surface area contributed by atoms with E-state index in [0.717, 1.165) is 12.0 Å². The van der Waals surface area contributed by atoms with E-state index in [1.165, 1.54) is 22.6 Å². The van der Waals surface area contributed by atoms with E-state index in [4.69, 9.17) is 4.74 Å². The number of aromatic nitrogens is 1. The Labute approximate surface area is 167 Å². The molecule has 2 amide bonds. The van der Waals surface area contributed by atoms with Crippen molar-refractivity contribution in [1.29, 1.82) is 0 Å². The quantitative estimate of drug-likeness (QED) is 0.579. The van der Waals surface area contributed by atoms with Gasteiger partial charge in [0.05, 0.1) is 0 Å². The van der Waals surface area contributed by atoms with Crippen LogP contribution >= 0.6 is 0 Å². The molecule has 0 N–H and O–H groups in total. The van der Waals surface area contributed by atoms with E-state index in [1.807, 2.05) is 24.3 Å². The number of nitro groups is 1. The van der Waals surface area contributed by atoms with Gasteiger partial charge in [-0.3, -0.25) is 14.5 Å². The second-order valence-electron chi connectivity index (χ2n) is 7.02. The Balaban J connectivity index is 1.60. The Kier molecular flexibility index (Phi) is 4.87. The highest BCUT2D eigenvalue weighted by molar-refractivity contribution is 6.03. The zero-order valence-corrected chi connectivity index (χ0v) is 15.9. The van der Waals surface area contributed by atoms with E-state index in [-0.39, 0.29) is 24.0 Å². The number of hydrogen-bond donors (Lipinski definition) is 0. The standard InChI is InChI=1S/C20H20N4O5/c1-2-15-20(26)23(19-16(29-15)7-8-17(21-19)24(27)28)12-18(25)22-10-9-13-5-3-4-6-14(13)11-22/h3-8,15H,2,9-12H2,1H3. The van der Waals surface area contributed by atoms with Gasteiger partial charge in [-0.15, -0.1) is 0 Å². The molecule has 0 spiro atoms. The Morgan fingerprint density at radius 1 is 1.28 bits per heavy atom. The summed E-state index contributed by atoms with van der Waals surface area (Å²) in [5.41, 5.74) is 2.30. The molecule has 0 aliphatic carbocycles. The van der Waals surface area contributed by atoms with Crippen molar-refractivity contribution in [1.82, 2.24) is 9.88 Å². The molecule has 0 saturated heterocycles. The highest BCUT2D eigenvalue weighted by Crippen LogP contribution is 2.34. The number of rotatable bonds is 4. The van der Waals surface area contributed by atoms with Gasteiger partial charge in [0.2, 0.25) is 5.91 Å². The molecule has 29 heavy (non-hydrogen) atoms. The molecule has 1 unspecified atom stereocenters. The third-order valence-electron chi connectivity index (χ3n) is 5.23. The van der Waals surface area contributed by atoms with Gasteiger partial charge >= 0.3 is 5.82 Å². The summed E-state index contributed by atoms with van der Waals surface area (Å²) in [6.07, 6.45) is 0.411. The molecule has 4 rings (SSSR count). The normalized spacial score (nSPS) is 18.0. The van der Waals surface area contributed by atoms with Crippen LogP contribution in [-0.2, 0) is 22.6 Å². The second-order valence-corrected chi connectivity index (χ2v) is 7.02. The highest BCUT2D eigenvalue weighted by Gasteiger charge is 2.40. The molecule has 9 nitrogen and oxygen atoms in total. The lowest BCUT2D eigenvalue weighted by Gasteiger charge is -2.33. The van der Waals surface area contributed by atoms with Crippen LogP contribution in [0.2, 0.25) is 0 Å². The first-order valence-corrected chi connectivity index (χ1v) is 9.46. The average Bonchev–Trinajstić information content (AvgIpc) is 2.74. The Morgan fingerprint density at radius 2 is 2.03 bits per heavy atom. The van der Waals surface area contributed by atoms with Crippen molar-refractivity contribution in [3.05, 3.63) is 57.6 Å². The number of carbonyl (C=O) groups excluding carboxylic acids is 2. The molecule has 9 heteroatoms. The maximum Gasteiger partial charge on any atom is 0.366 e. The molecule has 2 aliphatic heterocycles. The van der Waals surface area contributed by atoms with E-state index in [0.29, 0.717) is 19.5 Å². The lowest BCUT2D eigenvalue weighted by Crippen LogP contribution is -2.51. The van der Waals surface area contributed by atoms with Gasteiger partial charge in [0.1, 0.15) is 6.54 Å². The molecule has 0 fully saturated rings. The number of hydrogen-bond acceptors (Lipinski definition) is 6. The molecular weight excluding hydrogens is 376 g/mol. The molecule has 1 aromatic carbocycles. The number of ether oxygens (including phenoxy) is 1. The summed E-state index contributed by atoms with van der Waals surface area (Å²) in [6, 6.07) is 10.6. The summed E-state index contributed by atoms with van der Waals surface area (Å²) < 4.78 is 5.63. The minimum Gasteiger partial charge on any atom is -0.474 e. The number of amides is 2. The number of carbonyl (C=O) groups is 2. The lowest BCUT2D eigenvalue weighted by atomic mass is 10.00. The Morgan fingerprint density at radius 3 is 2.76 bits per heavy atom. The van der Waals surface area contributed by atoms with Crippen LogP contribution in [0.4, 0.5) is 11.6 Å². The van der Waals surface area contributed by atoms with Crippen LogP contribution in [0.25, 0.3) is 0 Å². The maximum absolute atomic E-state index is 13.0. The van der Waals surface area contributed by atoms with Crippen LogP contribution < -0.4 is 9.64 Å². The number of pyridine rings is 1. The van der Waals surface area contributed by atoms with Crippen LogP contribution in [0.15, 0.2) is 36.4 Å². The number of benzene rings is 1. The third-order valence-corrected chi connectivity index (χ3v) is 5.23. The van der Waals surface area contributed by atoms with Crippen LogP contribution in [0, 0.1) is 10.1 Å². The van der Waals surface area contributed by atoms with Gasteiger partial charge in [-0.1, -0.05) is 31.2 Å². The van der Waals surface area contributed by atoms with Crippen molar-refractivity contribution in [2.75, 3.05) is 18.0 Å². The first-order chi connectivity index (χ1) is 14.0. The molecule has 0 radical (unpaired) electrons. The Bertz CT molecular complexity index is 993. The van der Waals surface area contributed by atoms with Crippen molar-refractivity contribution in [2.45, 2.75) is 32.4 Å². The van der Waals surface area contributed by atoms with Gasteiger partial charge in [-0.05, 0) is 39.9 Å². The lowest BCUT2D eigenvalue weighted by molar-refractivity contribution is -0.389. The van der Waals surface area contributed by atoms with E-state index in [9.17, 15) is 19.7 Å². The van der Waals surface area contributed by atoms with Crippen LogP contribution in [0.3, 0.4) is 0 Å². The molecule has 0 saturated carbocycles. The van der Waals surface area contributed by atoms with Crippen molar-refractivity contribution >= 4 is 23.5 Å². The second kappa shape index (κ2) is 7.50. The molecule has 1 aromatic heterocycles. The third kappa shape index (κ3) is 3.51. The SMILES string of the molecule is CCC1Oc2ccc([N+](=O)[O-])nc2N(CC(=O)N2CCc3ccccc3C2)C1=O. The van der Waals surface area contributed by atoms with Gasteiger partial charge in [0.15, 0.2) is 11.9 Å². The van der Waals surface area contributed by atoms with Gasteiger partial charge in [-0.2, -0.15) is 0 Å². The summed E-state index contributed by atoms with van der Waals surface area (Å²) in [7, 11) is 0. The smallest absolute Gasteiger partial charge is 0.366 e.